The van der Waals surface area contributed by atoms with Gasteiger partial charge in [-0.1, -0.05) is 0 Å². The average molecular weight is 228 g/mol. The molecule has 0 radical (unpaired) electrons. The van der Waals surface area contributed by atoms with Crippen LogP contribution in [0.3, 0.4) is 0 Å². The van der Waals surface area contributed by atoms with Crippen molar-refractivity contribution in [2.24, 2.45) is 0 Å². The molecule has 0 aromatic carbocycles. The Morgan fingerprint density at radius 3 is 2.44 bits per heavy atom. The quantitative estimate of drug-likeness (QED) is 0.711. The first kappa shape index (κ1) is 13.5. The van der Waals surface area contributed by atoms with E-state index in [1.807, 2.05) is 0 Å². The van der Waals surface area contributed by atoms with E-state index in [4.69, 9.17) is 9.39 Å². The highest BCUT2D eigenvalue weighted by Gasteiger charge is 2.40. The number of hydrogen-bond donors (Lipinski definition) is 2. The maximum atomic E-state index is 9.91. The molecule has 0 spiro atoms. The Balaban J connectivity index is 2.63. The van der Waals surface area contributed by atoms with E-state index in [2.05, 4.69) is 0 Å². The van der Waals surface area contributed by atoms with E-state index in [0.717, 1.165) is 18.3 Å². The Kier molecular flexibility index (Phi) is 4.04. The van der Waals surface area contributed by atoms with Crippen LogP contribution in [0.2, 0.25) is 0 Å². The van der Waals surface area contributed by atoms with Crippen LogP contribution in [0, 0.1) is 0 Å². The van der Waals surface area contributed by atoms with Gasteiger partial charge in [0.15, 0.2) is 0 Å². The molecule has 0 aromatic heterocycles. The molecule has 1 aliphatic heterocycles. The predicted octanol–water partition coefficient (Wildman–Crippen LogP) is 1.27. The second-order valence-corrected chi connectivity index (χ2v) is 5.21. The summed E-state index contributed by atoms with van der Waals surface area (Å²) in [7, 11) is -1.01. The summed E-state index contributed by atoms with van der Waals surface area (Å²) in [5.74, 6) is 0. The highest BCUT2D eigenvalue weighted by Crippen LogP contribution is 2.27. The molecule has 0 fully saturated rings. The minimum absolute atomic E-state index is 0.686. The molecule has 16 heavy (non-hydrogen) atoms. The zero-order chi connectivity index (χ0) is 12.4. The molecule has 0 bridgehead atoms. The van der Waals surface area contributed by atoms with Gasteiger partial charge in [0.1, 0.15) is 0 Å². The highest BCUT2D eigenvalue weighted by atomic mass is 16.6. The molecule has 0 saturated heterocycles. The van der Waals surface area contributed by atoms with Gasteiger partial charge in [-0.25, -0.2) is 0 Å². The van der Waals surface area contributed by atoms with Crippen molar-refractivity contribution in [2.75, 3.05) is 6.61 Å². The summed E-state index contributed by atoms with van der Waals surface area (Å²) in [6.07, 6.45) is 3.20. The zero-order valence-corrected chi connectivity index (χ0v) is 10.5. The van der Waals surface area contributed by atoms with E-state index in [1.165, 1.54) is 0 Å². The third-order valence-electron chi connectivity index (χ3n) is 3.16. The van der Waals surface area contributed by atoms with Crippen LogP contribution >= 0.6 is 0 Å². The molecule has 0 saturated carbocycles. The minimum atomic E-state index is -1.02. The van der Waals surface area contributed by atoms with E-state index >= 15 is 0 Å². The Bertz CT molecular complexity index is 268. The maximum Gasteiger partial charge on any atom is 0.490 e. The van der Waals surface area contributed by atoms with Crippen molar-refractivity contribution < 1.29 is 19.5 Å². The molecule has 1 rings (SSSR count). The number of allylic oxidation sites excluding steroid dienone is 1. The van der Waals surface area contributed by atoms with Gasteiger partial charge >= 0.3 is 7.12 Å². The summed E-state index contributed by atoms with van der Waals surface area (Å²) in [4.78, 5) is 0. The van der Waals surface area contributed by atoms with Gasteiger partial charge in [0.2, 0.25) is 0 Å². The van der Waals surface area contributed by atoms with Gasteiger partial charge in [-0.15, -0.1) is 0 Å². The molecule has 4 nitrogen and oxygen atoms in total. The first-order valence-electron chi connectivity index (χ1n) is 5.63. The number of rotatable bonds is 4. The fourth-order valence-corrected chi connectivity index (χ4v) is 1.27. The third-order valence-corrected chi connectivity index (χ3v) is 3.16. The largest absolute Gasteiger partial charge is 0.502 e. The smallest absolute Gasteiger partial charge is 0.490 e. The number of aliphatic hydroxyl groups is 1. The Hall–Kier alpha value is -0.515. The fraction of sp³-hybridized carbons (Fsp3) is 0.818. The lowest BCUT2D eigenvalue weighted by Gasteiger charge is -2.38. The van der Waals surface area contributed by atoms with E-state index < -0.39 is 18.3 Å². The normalized spacial score (nSPS) is 17.8. The molecule has 2 N–H and O–H groups in total. The Labute approximate surface area is 97.4 Å². The van der Waals surface area contributed by atoms with Crippen LogP contribution in [0.1, 0.15) is 40.5 Å². The van der Waals surface area contributed by atoms with Crippen molar-refractivity contribution in [3.05, 3.63) is 11.7 Å². The van der Waals surface area contributed by atoms with Crippen LogP contribution in [0.5, 0.6) is 0 Å². The van der Waals surface area contributed by atoms with E-state index in [9.17, 15) is 10.1 Å². The molecule has 0 aliphatic carbocycles. The lowest BCUT2D eigenvalue weighted by molar-refractivity contribution is -0.0991. The zero-order valence-electron chi connectivity index (χ0n) is 10.5. The van der Waals surface area contributed by atoms with E-state index in [1.54, 1.807) is 34.0 Å². The van der Waals surface area contributed by atoms with E-state index in [-0.39, 0.29) is 0 Å². The van der Waals surface area contributed by atoms with Crippen molar-refractivity contribution in [3.63, 3.8) is 0 Å². The molecular formula is C11H21BO4. The van der Waals surface area contributed by atoms with Crippen LogP contribution in [0.15, 0.2) is 11.7 Å². The first-order chi connectivity index (χ1) is 7.24. The summed E-state index contributed by atoms with van der Waals surface area (Å²) in [5.41, 5.74) is -1.13. The summed E-state index contributed by atoms with van der Waals surface area (Å²) >= 11 is 0. The summed E-state index contributed by atoms with van der Waals surface area (Å²) in [5, 5.41) is 19.8. The fourth-order valence-electron chi connectivity index (χ4n) is 1.27. The molecule has 92 valence electrons. The van der Waals surface area contributed by atoms with Crippen LogP contribution in [-0.4, -0.2) is 35.1 Å². The average Bonchev–Trinajstić information content (AvgIpc) is 2.16. The second kappa shape index (κ2) is 4.78. The highest BCUT2D eigenvalue weighted by molar-refractivity contribution is 6.52. The standard InChI is InChI=1S/C11H21BO4/c1-10(2,13)11(3,4)16-12(14)9-6-5-7-15-8-9/h8,13-14H,5-7H2,1-4H3. The van der Waals surface area contributed by atoms with Gasteiger partial charge < -0.3 is 19.5 Å². The van der Waals surface area contributed by atoms with Crippen LogP contribution in [0.25, 0.3) is 0 Å². The van der Waals surface area contributed by atoms with Crippen molar-refractivity contribution in [3.8, 4) is 0 Å². The van der Waals surface area contributed by atoms with Gasteiger partial charge in [-0.3, -0.25) is 0 Å². The molecule has 0 atom stereocenters. The van der Waals surface area contributed by atoms with Crippen molar-refractivity contribution in [1.82, 2.24) is 0 Å². The van der Waals surface area contributed by atoms with Gasteiger partial charge in [-0.2, -0.15) is 0 Å². The van der Waals surface area contributed by atoms with Gasteiger partial charge in [-0.05, 0) is 46.0 Å². The van der Waals surface area contributed by atoms with Crippen LogP contribution in [-0.2, 0) is 9.39 Å². The predicted molar refractivity (Wildman–Crippen MR) is 62.7 cm³/mol. The first-order valence-corrected chi connectivity index (χ1v) is 5.63. The van der Waals surface area contributed by atoms with Gasteiger partial charge in [0.05, 0.1) is 24.1 Å². The molecular weight excluding hydrogens is 207 g/mol. The van der Waals surface area contributed by atoms with Gasteiger partial charge in [0, 0.05) is 0 Å². The number of hydrogen-bond acceptors (Lipinski definition) is 4. The SMILES string of the molecule is CC(C)(O)C(C)(C)OB(O)C1=COCCC1. The summed E-state index contributed by atoms with van der Waals surface area (Å²) < 4.78 is 10.6. The maximum absolute atomic E-state index is 9.91. The van der Waals surface area contributed by atoms with Crippen molar-refractivity contribution >= 4 is 7.12 Å². The minimum Gasteiger partial charge on any atom is -0.502 e. The molecule has 1 heterocycles. The third kappa shape index (κ3) is 3.24. The van der Waals surface area contributed by atoms with Crippen LogP contribution < -0.4 is 0 Å². The number of ether oxygens (including phenoxy) is 1. The summed E-state index contributed by atoms with van der Waals surface area (Å²) in [6.45, 7) is 7.50. The van der Waals surface area contributed by atoms with Gasteiger partial charge in [0.25, 0.3) is 0 Å². The lowest BCUT2D eigenvalue weighted by atomic mass is 9.74. The molecule has 0 amide bonds. The topological polar surface area (TPSA) is 58.9 Å². The Morgan fingerprint density at radius 2 is 2.00 bits per heavy atom. The summed E-state index contributed by atoms with van der Waals surface area (Å²) in [6, 6.07) is 0. The van der Waals surface area contributed by atoms with Crippen LogP contribution in [0.4, 0.5) is 0 Å². The lowest BCUT2D eigenvalue weighted by Crippen LogP contribution is -2.51. The molecule has 0 aromatic rings. The Morgan fingerprint density at radius 1 is 1.38 bits per heavy atom. The molecule has 5 heteroatoms. The van der Waals surface area contributed by atoms with E-state index in [0.29, 0.717) is 6.61 Å². The molecule has 0 unspecified atom stereocenters. The molecule has 1 aliphatic rings. The van der Waals surface area contributed by atoms with Crippen molar-refractivity contribution in [1.29, 1.82) is 0 Å². The monoisotopic (exact) mass is 228 g/mol. The second-order valence-electron chi connectivity index (χ2n) is 5.21. The van der Waals surface area contributed by atoms with Crippen molar-refractivity contribution in [2.45, 2.75) is 51.7 Å².